The van der Waals surface area contributed by atoms with Crippen LogP contribution < -0.4 is 9.47 Å². The Kier molecular flexibility index (Phi) is 4.71. The second-order valence-electron chi connectivity index (χ2n) is 5.72. The average Bonchev–Trinajstić information content (AvgIpc) is 3.10. The number of ether oxygens (including phenoxy) is 2. The van der Waals surface area contributed by atoms with Gasteiger partial charge in [0.1, 0.15) is 18.6 Å². The Balaban J connectivity index is 1.68. The van der Waals surface area contributed by atoms with Gasteiger partial charge in [0.05, 0.1) is 5.56 Å². The van der Waals surface area contributed by atoms with Crippen molar-refractivity contribution in [1.82, 2.24) is 4.90 Å². The quantitative estimate of drug-likeness (QED) is 0.741. The topological polar surface area (TPSA) is 38.8 Å². The molecule has 0 N–H and O–H groups in total. The molecule has 4 rings (SSSR count). The fourth-order valence-corrected chi connectivity index (χ4v) is 4.90. The molecule has 1 unspecified atom stereocenters. The number of fused-ring (bicyclic) bond motifs is 1. The van der Waals surface area contributed by atoms with Crippen LogP contribution >= 0.6 is 35.0 Å². The number of carbonyl (C=O) groups excluding carboxylic acids is 1. The summed E-state index contributed by atoms with van der Waals surface area (Å²) >= 11 is 14.0. The molecule has 25 heavy (non-hydrogen) atoms. The van der Waals surface area contributed by atoms with Gasteiger partial charge in [0.25, 0.3) is 5.91 Å². The summed E-state index contributed by atoms with van der Waals surface area (Å²) in [6, 6.07) is 10.8. The Morgan fingerprint density at radius 1 is 1.16 bits per heavy atom. The highest BCUT2D eigenvalue weighted by atomic mass is 35.5. The molecule has 1 saturated heterocycles. The maximum Gasteiger partial charge on any atom is 0.258 e. The van der Waals surface area contributed by atoms with Crippen LogP contribution in [0.2, 0.25) is 10.0 Å². The van der Waals surface area contributed by atoms with Crippen LogP contribution in [-0.4, -0.2) is 36.3 Å². The van der Waals surface area contributed by atoms with Gasteiger partial charge in [-0.25, -0.2) is 0 Å². The molecule has 0 aromatic heterocycles. The predicted molar refractivity (Wildman–Crippen MR) is 100 cm³/mol. The number of hydrogen-bond acceptors (Lipinski definition) is 4. The molecule has 0 radical (unpaired) electrons. The van der Waals surface area contributed by atoms with Crippen molar-refractivity contribution in [3.05, 3.63) is 57.6 Å². The van der Waals surface area contributed by atoms with E-state index in [0.29, 0.717) is 46.9 Å². The van der Waals surface area contributed by atoms with Crippen LogP contribution in [0.3, 0.4) is 0 Å². The lowest BCUT2D eigenvalue weighted by molar-refractivity contribution is 0.0750. The number of benzene rings is 2. The fourth-order valence-electron chi connectivity index (χ4n) is 3.03. The van der Waals surface area contributed by atoms with Gasteiger partial charge in [-0.1, -0.05) is 35.3 Å². The lowest BCUT2D eigenvalue weighted by Gasteiger charge is -2.27. The molecule has 0 bridgehead atoms. The lowest BCUT2D eigenvalue weighted by Crippen LogP contribution is -2.31. The Bertz CT molecular complexity index is 830. The molecular formula is C18H15Cl2NO3S. The summed E-state index contributed by atoms with van der Waals surface area (Å²) < 4.78 is 11.3. The van der Waals surface area contributed by atoms with Crippen LogP contribution in [-0.2, 0) is 0 Å². The molecule has 0 spiro atoms. The van der Waals surface area contributed by atoms with Gasteiger partial charge < -0.3 is 14.4 Å². The predicted octanol–water partition coefficient (Wildman–Crippen LogP) is 4.65. The van der Waals surface area contributed by atoms with Crippen molar-refractivity contribution >= 4 is 40.9 Å². The van der Waals surface area contributed by atoms with E-state index in [1.165, 1.54) is 0 Å². The third-order valence-electron chi connectivity index (χ3n) is 4.18. The number of hydrogen-bond donors (Lipinski definition) is 0. The van der Waals surface area contributed by atoms with Crippen molar-refractivity contribution in [2.45, 2.75) is 5.37 Å². The number of halogens is 2. The molecule has 1 amide bonds. The third-order valence-corrected chi connectivity index (χ3v) is 5.98. The maximum atomic E-state index is 13.2. The zero-order valence-corrected chi connectivity index (χ0v) is 15.5. The third kappa shape index (κ3) is 3.16. The monoisotopic (exact) mass is 395 g/mol. The molecule has 130 valence electrons. The van der Waals surface area contributed by atoms with Crippen molar-refractivity contribution in [3.63, 3.8) is 0 Å². The summed E-state index contributed by atoms with van der Waals surface area (Å²) in [6.07, 6.45) is 0. The summed E-state index contributed by atoms with van der Waals surface area (Å²) in [7, 11) is 0. The number of rotatable bonds is 2. The summed E-state index contributed by atoms with van der Waals surface area (Å²) in [5.74, 6) is 1.91. The minimum Gasteiger partial charge on any atom is -0.486 e. The smallest absolute Gasteiger partial charge is 0.258 e. The van der Waals surface area contributed by atoms with E-state index in [9.17, 15) is 4.79 Å². The lowest BCUT2D eigenvalue weighted by atomic mass is 10.1. The van der Waals surface area contributed by atoms with E-state index in [1.54, 1.807) is 30.0 Å². The summed E-state index contributed by atoms with van der Waals surface area (Å²) in [5.41, 5.74) is 1.42. The van der Waals surface area contributed by atoms with Crippen molar-refractivity contribution in [1.29, 1.82) is 0 Å². The second-order valence-corrected chi connectivity index (χ2v) is 7.75. The zero-order chi connectivity index (χ0) is 17.4. The van der Waals surface area contributed by atoms with Crippen LogP contribution in [0.4, 0.5) is 0 Å². The minimum atomic E-state index is -0.141. The van der Waals surface area contributed by atoms with Gasteiger partial charge in [-0.05, 0) is 24.3 Å². The van der Waals surface area contributed by atoms with E-state index in [0.717, 1.165) is 11.3 Å². The molecule has 1 fully saturated rings. The largest absolute Gasteiger partial charge is 0.486 e. The van der Waals surface area contributed by atoms with Gasteiger partial charge in [-0.2, -0.15) is 0 Å². The van der Waals surface area contributed by atoms with Crippen LogP contribution in [0.15, 0.2) is 36.4 Å². The Morgan fingerprint density at radius 3 is 2.84 bits per heavy atom. The van der Waals surface area contributed by atoms with Crippen molar-refractivity contribution in [3.8, 4) is 11.5 Å². The van der Waals surface area contributed by atoms with Crippen LogP contribution in [0, 0.1) is 0 Å². The highest BCUT2D eigenvalue weighted by molar-refractivity contribution is 7.99. The molecular weight excluding hydrogens is 381 g/mol. The van der Waals surface area contributed by atoms with Gasteiger partial charge >= 0.3 is 0 Å². The van der Waals surface area contributed by atoms with Gasteiger partial charge in [0.15, 0.2) is 11.5 Å². The highest BCUT2D eigenvalue weighted by Crippen LogP contribution is 2.43. The van der Waals surface area contributed by atoms with Crippen molar-refractivity contribution in [2.24, 2.45) is 0 Å². The second kappa shape index (κ2) is 6.98. The molecule has 0 aliphatic carbocycles. The van der Waals surface area contributed by atoms with Gasteiger partial charge in [0, 0.05) is 27.9 Å². The fraction of sp³-hybridized carbons (Fsp3) is 0.278. The van der Waals surface area contributed by atoms with Crippen LogP contribution in [0.5, 0.6) is 11.5 Å². The van der Waals surface area contributed by atoms with Gasteiger partial charge in [0.2, 0.25) is 0 Å². The molecule has 2 aliphatic rings. The first-order valence-corrected chi connectivity index (χ1v) is 9.72. The first kappa shape index (κ1) is 16.9. The summed E-state index contributed by atoms with van der Waals surface area (Å²) in [6.45, 7) is 1.59. The summed E-state index contributed by atoms with van der Waals surface area (Å²) in [4.78, 5) is 15.0. The van der Waals surface area contributed by atoms with Crippen molar-refractivity contribution in [2.75, 3.05) is 25.5 Å². The Labute approximate surface area is 160 Å². The molecule has 0 saturated carbocycles. The van der Waals surface area contributed by atoms with E-state index in [4.69, 9.17) is 32.7 Å². The van der Waals surface area contributed by atoms with E-state index in [1.807, 2.05) is 23.1 Å². The molecule has 2 heterocycles. The summed E-state index contributed by atoms with van der Waals surface area (Å²) in [5, 5.41) is 1.01. The van der Waals surface area contributed by atoms with Crippen molar-refractivity contribution < 1.29 is 14.3 Å². The minimum absolute atomic E-state index is 0.0802. The number of amides is 1. The highest BCUT2D eigenvalue weighted by Gasteiger charge is 2.34. The zero-order valence-electron chi connectivity index (χ0n) is 13.2. The number of carbonyl (C=O) groups is 1. The van der Waals surface area contributed by atoms with Crippen LogP contribution in [0.1, 0.15) is 21.3 Å². The Hall–Kier alpha value is -1.56. The molecule has 2 aliphatic heterocycles. The molecule has 4 nitrogen and oxygen atoms in total. The number of nitrogens with zero attached hydrogens (tertiary/aromatic N) is 1. The van der Waals surface area contributed by atoms with E-state index < -0.39 is 0 Å². The normalized spacial score (nSPS) is 19.1. The van der Waals surface area contributed by atoms with Crippen LogP contribution in [0.25, 0.3) is 0 Å². The van der Waals surface area contributed by atoms with E-state index in [-0.39, 0.29) is 11.3 Å². The first-order valence-electron chi connectivity index (χ1n) is 7.91. The molecule has 1 atom stereocenters. The SMILES string of the molecule is O=C(c1cccc2c1OCCO2)N1CCSC1c1ccc(Cl)cc1Cl. The maximum absolute atomic E-state index is 13.2. The standard InChI is InChI=1S/C18H15Cl2NO3S/c19-11-4-5-12(14(20)10-11)18-21(6-9-25-18)17(22)13-2-1-3-15-16(13)24-8-7-23-15/h1-5,10,18H,6-9H2. The van der Waals surface area contributed by atoms with E-state index >= 15 is 0 Å². The first-order chi connectivity index (χ1) is 12.1. The van der Waals surface area contributed by atoms with Gasteiger partial charge in [-0.15, -0.1) is 11.8 Å². The molecule has 7 heteroatoms. The molecule has 2 aromatic rings. The van der Waals surface area contributed by atoms with Gasteiger partial charge in [-0.3, -0.25) is 4.79 Å². The van der Waals surface area contributed by atoms with E-state index in [2.05, 4.69) is 0 Å². The molecule has 2 aromatic carbocycles. The number of para-hydroxylation sites is 1. The number of thioether (sulfide) groups is 1. The average molecular weight is 396 g/mol. The Morgan fingerprint density at radius 2 is 2.00 bits per heavy atom.